The van der Waals surface area contributed by atoms with E-state index in [2.05, 4.69) is 5.16 Å². The van der Waals surface area contributed by atoms with Crippen LogP contribution in [-0.4, -0.2) is 11.4 Å². The Hall–Kier alpha value is -1.61. The fraction of sp³-hybridized carbons (Fsp3) is 0.167. The summed E-state index contributed by atoms with van der Waals surface area (Å²) in [4.78, 5) is 10.8. The molecule has 1 heterocycles. The first kappa shape index (κ1) is 10.9. The summed E-state index contributed by atoms with van der Waals surface area (Å²) in [5, 5.41) is 3.82. The Morgan fingerprint density at radius 3 is 2.69 bits per heavy atom. The van der Waals surface area contributed by atoms with Gasteiger partial charge in [0.1, 0.15) is 11.3 Å². The Bertz CT molecular complexity index is 546. The number of aldehydes is 1. The largest absolute Gasteiger partial charge is 0.343 e. The Labute approximate surface area is 98.0 Å². The molecular formula is C12H10ClNO2. The van der Waals surface area contributed by atoms with Gasteiger partial charge in [-0.05, 0) is 42.6 Å². The number of nitrogens with zero attached hydrogens (tertiary/aromatic N) is 1. The van der Waals surface area contributed by atoms with Gasteiger partial charge in [0.25, 0.3) is 0 Å². The molecule has 0 aliphatic rings. The first-order valence-electron chi connectivity index (χ1n) is 4.81. The van der Waals surface area contributed by atoms with Crippen molar-refractivity contribution in [3.8, 4) is 11.3 Å². The number of rotatable bonds is 2. The van der Waals surface area contributed by atoms with Crippen molar-refractivity contribution in [2.45, 2.75) is 13.8 Å². The molecule has 0 radical (unpaired) electrons. The number of hydrogen-bond donors (Lipinski definition) is 0. The van der Waals surface area contributed by atoms with Crippen LogP contribution in [0.4, 0.5) is 0 Å². The molecule has 0 N–H and O–H groups in total. The lowest BCUT2D eigenvalue weighted by Gasteiger charge is -2.02. The summed E-state index contributed by atoms with van der Waals surface area (Å²) in [5.41, 5.74) is 3.94. The molecule has 82 valence electrons. The molecule has 0 atom stereocenters. The third kappa shape index (κ3) is 1.74. The van der Waals surface area contributed by atoms with E-state index in [1.807, 2.05) is 32.0 Å². The molecule has 4 heteroatoms. The third-order valence-corrected chi connectivity index (χ3v) is 2.85. The number of carbonyl (C=O) groups excluding carboxylic acids is 1. The predicted molar refractivity (Wildman–Crippen MR) is 61.8 cm³/mol. The summed E-state index contributed by atoms with van der Waals surface area (Å²) in [6.45, 7) is 4.02. The van der Waals surface area contributed by atoms with E-state index >= 15 is 0 Å². The Balaban J connectivity index is 2.58. The third-order valence-electron chi connectivity index (χ3n) is 2.58. The van der Waals surface area contributed by atoms with Crippen LogP contribution in [0.15, 0.2) is 22.7 Å². The van der Waals surface area contributed by atoms with Gasteiger partial charge in [-0.15, -0.1) is 0 Å². The first-order valence-corrected chi connectivity index (χ1v) is 5.19. The van der Waals surface area contributed by atoms with Gasteiger partial charge >= 0.3 is 0 Å². The van der Waals surface area contributed by atoms with Gasteiger partial charge in [-0.2, -0.15) is 0 Å². The lowest BCUT2D eigenvalue weighted by Crippen LogP contribution is -1.87. The smallest absolute Gasteiger partial charge is 0.237 e. The quantitative estimate of drug-likeness (QED) is 0.749. The zero-order valence-corrected chi connectivity index (χ0v) is 9.71. The van der Waals surface area contributed by atoms with Crippen molar-refractivity contribution in [2.75, 3.05) is 0 Å². The minimum Gasteiger partial charge on any atom is -0.343 e. The lowest BCUT2D eigenvalue weighted by atomic mass is 10.0. The van der Waals surface area contributed by atoms with E-state index in [0.29, 0.717) is 17.5 Å². The molecule has 0 unspecified atom stereocenters. The molecule has 0 amide bonds. The standard InChI is InChI=1S/C12H10ClNO2/c1-7-3-4-9(5-8(7)2)11-10(6-15)12(13)16-14-11/h3-6H,1-2H3. The zero-order valence-electron chi connectivity index (χ0n) is 8.95. The summed E-state index contributed by atoms with van der Waals surface area (Å²) in [7, 11) is 0. The van der Waals surface area contributed by atoms with E-state index in [1.54, 1.807) is 0 Å². The second-order valence-electron chi connectivity index (χ2n) is 3.64. The summed E-state index contributed by atoms with van der Waals surface area (Å²) < 4.78 is 4.80. The van der Waals surface area contributed by atoms with Gasteiger partial charge in [-0.3, -0.25) is 4.79 Å². The highest BCUT2D eigenvalue weighted by atomic mass is 35.5. The van der Waals surface area contributed by atoms with Crippen LogP contribution in [-0.2, 0) is 0 Å². The number of aryl methyl sites for hydroxylation is 2. The monoisotopic (exact) mass is 235 g/mol. The number of benzene rings is 1. The number of aromatic nitrogens is 1. The summed E-state index contributed by atoms with van der Waals surface area (Å²) in [5.74, 6) is 0. The molecule has 0 spiro atoms. The minimum atomic E-state index is 0.0308. The highest BCUT2D eigenvalue weighted by Gasteiger charge is 2.15. The van der Waals surface area contributed by atoms with Gasteiger partial charge in [-0.25, -0.2) is 0 Å². The maximum atomic E-state index is 10.8. The Morgan fingerprint density at radius 2 is 2.06 bits per heavy atom. The molecule has 3 nitrogen and oxygen atoms in total. The van der Waals surface area contributed by atoms with Crippen molar-refractivity contribution in [1.29, 1.82) is 0 Å². The predicted octanol–water partition coefficient (Wildman–Crippen LogP) is 3.42. The molecule has 1 aromatic carbocycles. The second-order valence-corrected chi connectivity index (χ2v) is 3.98. The molecule has 1 aromatic heterocycles. The average molecular weight is 236 g/mol. The van der Waals surface area contributed by atoms with Crippen molar-refractivity contribution in [3.05, 3.63) is 40.1 Å². The van der Waals surface area contributed by atoms with E-state index in [9.17, 15) is 4.79 Å². The van der Waals surface area contributed by atoms with Gasteiger partial charge in [0, 0.05) is 5.56 Å². The van der Waals surface area contributed by atoms with Crippen LogP contribution in [0, 0.1) is 13.8 Å². The van der Waals surface area contributed by atoms with Crippen LogP contribution < -0.4 is 0 Å². The Morgan fingerprint density at radius 1 is 1.31 bits per heavy atom. The summed E-state index contributed by atoms with van der Waals surface area (Å²) >= 11 is 5.71. The van der Waals surface area contributed by atoms with Crippen molar-refractivity contribution < 1.29 is 9.32 Å². The van der Waals surface area contributed by atoms with E-state index in [1.165, 1.54) is 5.56 Å². The van der Waals surface area contributed by atoms with Crippen molar-refractivity contribution >= 4 is 17.9 Å². The van der Waals surface area contributed by atoms with Crippen molar-refractivity contribution in [1.82, 2.24) is 5.16 Å². The lowest BCUT2D eigenvalue weighted by molar-refractivity contribution is 0.112. The molecule has 0 saturated heterocycles. The molecule has 2 rings (SSSR count). The molecule has 2 aromatic rings. The highest BCUT2D eigenvalue weighted by Crippen LogP contribution is 2.28. The van der Waals surface area contributed by atoms with Crippen molar-refractivity contribution in [3.63, 3.8) is 0 Å². The minimum absolute atomic E-state index is 0.0308. The van der Waals surface area contributed by atoms with E-state index in [0.717, 1.165) is 11.1 Å². The fourth-order valence-electron chi connectivity index (χ4n) is 1.48. The van der Waals surface area contributed by atoms with Crippen LogP contribution in [0.25, 0.3) is 11.3 Å². The average Bonchev–Trinajstić information content (AvgIpc) is 2.63. The van der Waals surface area contributed by atoms with Crippen molar-refractivity contribution in [2.24, 2.45) is 0 Å². The molecular weight excluding hydrogens is 226 g/mol. The van der Waals surface area contributed by atoms with Gasteiger partial charge in [0.2, 0.25) is 5.22 Å². The molecule has 0 saturated carbocycles. The summed E-state index contributed by atoms with van der Waals surface area (Å²) in [6, 6.07) is 5.82. The van der Waals surface area contributed by atoms with Crippen LogP contribution >= 0.6 is 11.6 Å². The first-order chi connectivity index (χ1) is 7.63. The normalized spacial score (nSPS) is 10.4. The van der Waals surface area contributed by atoms with Crippen LogP contribution in [0.1, 0.15) is 21.5 Å². The highest BCUT2D eigenvalue weighted by molar-refractivity contribution is 6.31. The summed E-state index contributed by atoms with van der Waals surface area (Å²) in [6.07, 6.45) is 0.656. The number of carbonyl (C=O) groups is 1. The van der Waals surface area contributed by atoms with Crippen LogP contribution in [0.2, 0.25) is 5.22 Å². The van der Waals surface area contributed by atoms with Gasteiger partial charge < -0.3 is 4.52 Å². The van der Waals surface area contributed by atoms with Gasteiger partial charge in [0.15, 0.2) is 6.29 Å². The van der Waals surface area contributed by atoms with E-state index in [4.69, 9.17) is 16.1 Å². The van der Waals surface area contributed by atoms with Crippen LogP contribution in [0.3, 0.4) is 0 Å². The fourth-order valence-corrected chi connectivity index (χ4v) is 1.64. The topological polar surface area (TPSA) is 43.1 Å². The maximum absolute atomic E-state index is 10.8. The maximum Gasteiger partial charge on any atom is 0.237 e. The van der Waals surface area contributed by atoms with Gasteiger partial charge in [0.05, 0.1) is 0 Å². The van der Waals surface area contributed by atoms with E-state index in [-0.39, 0.29) is 5.22 Å². The zero-order chi connectivity index (χ0) is 11.7. The number of hydrogen-bond acceptors (Lipinski definition) is 3. The molecule has 0 aliphatic carbocycles. The number of halogens is 1. The van der Waals surface area contributed by atoms with Gasteiger partial charge in [-0.1, -0.05) is 17.3 Å². The molecule has 0 fully saturated rings. The Kier molecular flexibility index (Phi) is 2.79. The van der Waals surface area contributed by atoms with Crippen LogP contribution in [0.5, 0.6) is 0 Å². The van der Waals surface area contributed by atoms with E-state index < -0.39 is 0 Å². The second kappa shape index (κ2) is 4.10. The molecule has 0 bridgehead atoms. The molecule has 0 aliphatic heterocycles. The SMILES string of the molecule is Cc1ccc(-c2noc(Cl)c2C=O)cc1C. The molecule has 16 heavy (non-hydrogen) atoms.